The van der Waals surface area contributed by atoms with Gasteiger partial charge in [-0.2, -0.15) is 0 Å². The first kappa shape index (κ1) is 13.8. The van der Waals surface area contributed by atoms with Crippen LogP contribution in [0.4, 0.5) is 0 Å². The molecule has 0 aliphatic carbocycles. The minimum atomic E-state index is 0.167. The molecular formula is C13H20O4. The molecule has 0 amide bonds. The molecule has 0 saturated carbocycles. The Morgan fingerprint density at radius 3 is 2.41 bits per heavy atom. The minimum absolute atomic E-state index is 0.167. The number of aryl methyl sites for hydroxylation is 1. The summed E-state index contributed by atoms with van der Waals surface area (Å²) in [5.74, 6) is 1.44. The van der Waals surface area contributed by atoms with Gasteiger partial charge in [-0.05, 0) is 36.1 Å². The van der Waals surface area contributed by atoms with Crippen molar-refractivity contribution in [3.63, 3.8) is 0 Å². The van der Waals surface area contributed by atoms with Crippen molar-refractivity contribution in [1.82, 2.24) is 0 Å². The van der Waals surface area contributed by atoms with Crippen LogP contribution in [0.15, 0.2) is 12.1 Å². The van der Waals surface area contributed by atoms with Crippen LogP contribution in [0.2, 0.25) is 0 Å². The molecule has 1 rings (SSSR count). The van der Waals surface area contributed by atoms with Crippen LogP contribution in [0, 0.1) is 0 Å². The van der Waals surface area contributed by atoms with E-state index in [0.29, 0.717) is 18.8 Å². The van der Waals surface area contributed by atoms with E-state index in [0.717, 1.165) is 23.3 Å². The summed E-state index contributed by atoms with van der Waals surface area (Å²) in [6, 6.07) is 3.94. The zero-order chi connectivity index (χ0) is 12.7. The predicted octanol–water partition coefficient (Wildman–Crippen LogP) is 1.78. The highest BCUT2D eigenvalue weighted by Crippen LogP contribution is 2.33. The molecule has 0 aromatic heterocycles. The van der Waals surface area contributed by atoms with Gasteiger partial charge in [0.25, 0.3) is 0 Å². The van der Waals surface area contributed by atoms with Crippen molar-refractivity contribution >= 4 is 0 Å². The Morgan fingerprint density at radius 2 is 1.88 bits per heavy atom. The molecule has 0 bridgehead atoms. The van der Waals surface area contributed by atoms with Crippen molar-refractivity contribution in [3.8, 4) is 11.5 Å². The number of ether oxygens (including phenoxy) is 3. The summed E-state index contributed by atoms with van der Waals surface area (Å²) in [7, 11) is 4.89. The molecule has 0 spiro atoms. The highest BCUT2D eigenvalue weighted by atomic mass is 16.5. The van der Waals surface area contributed by atoms with Gasteiger partial charge in [0.1, 0.15) is 0 Å². The maximum absolute atomic E-state index is 8.89. The van der Waals surface area contributed by atoms with Crippen LogP contribution in [0.25, 0.3) is 0 Å². The van der Waals surface area contributed by atoms with Crippen LogP contribution >= 0.6 is 0 Å². The summed E-state index contributed by atoms with van der Waals surface area (Å²) in [5.41, 5.74) is 2.08. The van der Waals surface area contributed by atoms with Gasteiger partial charge in [0.15, 0.2) is 11.5 Å². The summed E-state index contributed by atoms with van der Waals surface area (Å²) < 4.78 is 15.8. The molecular weight excluding hydrogens is 220 g/mol. The Morgan fingerprint density at radius 1 is 1.12 bits per heavy atom. The van der Waals surface area contributed by atoms with E-state index in [2.05, 4.69) is 0 Å². The highest BCUT2D eigenvalue weighted by Gasteiger charge is 2.12. The second-order valence-corrected chi connectivity index (χ2v) is 3.75. The summed E-state index contributed by atoms with van der Waals surface area (Å²) in [6.07, 6.45) is 1.46. The Hall–Kier alpha value is -1.26. The first-order valence-corrected chi connectivity index (χ1v) is 5.60. The van der Waals surface area contributed by atoms with Gasteiger partial charge in [0, 0.05) is 13.7 Å². The van der Waals surface area contributed by atoms with Crippen LogP contribution in [-0.2, 0) is 17.8 Å². The van der Waals surface area contributed by atoms with Crippen LogP contribution in [-0.4, -0.2) is 33.0 Å². The van der Waals surface area contributed by atoms with E-state index in [9.17, 15) is 0 Å². The van der Waals surface area contributed by atoms with E-state index < -0.39 is 0 Å². The number of rotatable bonds is 7. The molecule has 0 unspecified atom stereocenters. The fourth-order valence-corrected chi connectivity index (χ4v) is 1.81. The summed E-state index contributed by atoms with van der Waals surface area (Å²) >= 11 is 0. The lowest BCUT2D eigenvalue weighted by atomic mass is 10.0. The minimum Gasteiger partial charge on any atom is -0.493 e. The lowest BCUT2D eigenvalue weighted by Crippen LogP contribution is -2.00. The smallest absolute Gasteiger partial charge is 0.163 e. The second-order valence-electron chi connectivity index (χ2n) is 3.75. The topological polar surface area (TPSA) is 47.9 Å². The normalized spacial score (nSPS) is 10.4. The molecule has 1 aromatic rings. The van der Waals surface area contributed by atoms with Gasteiger partial charge in [-0.25, -0.2) is 0 Å². The number of benzene rings is 1. The van der Waals surface area contributed by atoms with Gasteiger partial charge in [-0.15, -0.1) is 0 Å². The fraction of sp³-hybridized carbons (Fsp3) is 0.538. The molecule has 17 heavy (non-hydrogen) atoms. The van der Waals surface area contributed by atoms with Crippen molar-refractivity contribution in [2.75, 3.05) is 27.9 Å². The zero-order valence-electron chi connectivity index (χ0n) is 10.7. The summed E-state index contributed by atoms with van der Waals surface area (Å²) in [4.78, 5) is 0. The SMILES string of the molecule is COCc1cc(CCCO)c(OC)c(OC)c1. The zero-order valence-corrected chi connectivity index (χ0v) is 10.7. The van der Waals surface area contributed by atoms with Gasteiger partial charge in [-0.1, -0.05) is 0 Å². The van der Waals surface area contributed by atoms with Crippen molar-refractivity contribution < 1.29 is 19.3 Å². The van der Waals surface area contributed by atoms with Crippen LogP contribution < -0.4 is 9.47 Å². The standard InChI is InChI=1S/C13H20O4/c1-15-9-10-7-11(5-4-6-14)13(17-3)12(8-10)16-2/h7-8,14H,4-6,9H2,1-3H3. The first-order valence-electron chi connectivity index (χ1n) is 5.60. The number of aliphatic hydroxyl groups excluding tert-OH is 1. The molecule has 0 heterocycles. The van der Waals surface area contributed by atoms with Gasteiger partial charge in [-0.3, -0.25) is 0 Å². The largest absolute Gasteiger partial charge is 0.493 e. The fourth-order valence-electron chi connectivity index (χ4n) is 1.81. The van der Waals surface area contributed by atoms with Crippen LogP contribution in [0.5, 0.6) is 11.5 Å². The number of methoxy groups -OCH3 is 3. The number of hydrogen-bond donors (Lipinski definition) is 1. The van der Waals surface area contributed by atoms with Crippen LogP contribution in [0.1, 0.15) is 17.5 Å². The van der Waals surface area contributed by atoms with Gasteiger partial charge in [0.05, 0.1) is 20.8 Å². The Labute approximate surface area is 102 Å². The average molecular weight is 240 g/mol. The molecule has 96 valence electrons. The molecule has 0 aliphatic heterocycles. The van der Waals surface area contributed by atoms with E-state index in [1.807, 2.05) is 12.1 Å². The van der Waals surface area contributed by atoms with E-state index in [-0.39, 0.29) is 6.61 Å². The lowest BCUT2D eigenvalue weighted by molar-refractivity contribution is 0.184. The molecule has 4 nitrogen and oxygen atoms in total. The van der Waals surface area contributed by atoms with E-state index in [1.165, 1.54) is 0 Å². The highest BCUT2D eigenvalue weighted by molar-refractivity contribution is 5.49. The van der Waals surface area contributed by atoms with Crippen molar-refractivity contribution in [3.05, 3.63) is 23.3 Å². The van der Waals surface area contributed by atoms with Gasteiger partial charge in [0.2, 0.25) is 0 Å². The molecule has 0 saturated heterocycles. The number of aliphatic hydroxyl groups is 1. The predicted molar refractivity (Wildman–Crippen MR) is 65.7 cm³/mol. The van der Waals surface area contributed by atoms with Crippen molar-refractivity contribution in [2.24, 2.45) is 0 Å². The third kappa shape index (κ3) is 3.61. The molecule has 0 radical (unpaired) electrons. The average Bonchev–Trinajstić information content (AvgIpc) is 2.35. The summed E-state index contributed by atoms with van der Waals surface area (Å²) in [5, 5.41) is 8.89. The van der Waals surface area contributed by atoms with Crippen LogP contribution in [0.3, 0.4) is 0 Å². The molecule has 1 aromatic carbocycles. The third-order valence-corrected chi connectivity index (χ3v) is 2.53. The van der Waals surface area contributed by atoms with Gasteiger partial charge < -0.3 is 19.3 Å². The molecule has 1 N–H and O–H groups in total. The lowest BCUT2D eigenvalue weighted by Gasteiger charge is -2.14. The molecule has 0 atom stereocenters. The molecule has 0 fully saturated rings. The molecule has 0 aliphatic rings. The molecule has 4 heteroatoms. The maximum atomic E-state index is 8.89. The van der Waals surface area contributed by atoms with Crippen molar-refractivity contribution in [1.29, 1.82) is 0 Å². The maximum Gasteiger partial charge on any atom is 0.163 e. The third-order valence-electron chi connectivity index (χ3n) is 2.53. The van der Waals surface area contributed by atoms with Crippen molar-refractivity contribution in [2.45, 2.75) is 19.4 Å². The van der Waals surface area contributed by atoms with E-state index >= 15 is 0 Å². The Balaban J connectivity index is 3.07. The summed E-state index contributed by atoms with van der Waals surface area (Å²) in [6.45, 7) is 0.701. The second kappa shape index (κ2) is 7.14. The Kier molecular flexibility index (Phi) is 5.80. The quantitative estimate of drug-likeness (QED) is 0.789. The van der Waals surface area contributed by atoms with E-state index in [1.54, 1.807) is 21.3 Å². The monoisotopic (exact) mass is 240 g/mol. The van der Waals surface area contributed by atoms with Gasteiger partial charge >= 0.3 is 0 Å². The number of hydrogen-bond acceptors (Lipinski definition) is 4. The first-order chi connectivity index (χ1) is 8.26. The van der Waals surface area contributed by atoms with E-state index in [4.69, 9.17) is 19.3 Å². The Bertz CT molecular complexity index is 350.